The average Bonchev–Trinajstić information content (AvgIpc) is 3.07. The first-order chi connectivity index (χ1) is 13.9. The summed E-state index contributed by atoms with van der Waals surface area (Å²) in [5.74, 6) is 2.28. The first kappa shape index (κ1) is 21.7. The Balaban J connectivity index is 1.49. The van der Waals surface area contributed by atoms with Crippen molar-refractivity contribution >= 4 is 0 Å². The molecule has 0 spiro atoms. The van der Waals surface area contributed by atoms with Crippen LogP contribution in [0.5, 0.6) is 17.2 Å². The van der Waals surface area contributed by atoms with E-state index in [0.29, 0.717) is 6.10 Å². The van der Waals surface area contributed by atoms with Crippen molar-refractivity contribution in [1.82, 2.24) is 0 Å². The molecule has 5 nitrogen and oxygen atoms in total. The van der Waals surface area contributed by atoms with Crippen LogP contribution >= 0.6 is 0 Å². The van der Waals surface area contributed by atoms with Crippen molar-refractivity contribution < 1.29 is 23.7 Å². The topological polar surface area (TPSA) is 49.5 Å². The number of benzene rings is 1. The van der Waals surface area contributed by atoms with Crippen LogP contribution < -0.4 is 14.2 Å². The molecule has 0 N–H and O–H groups in total. The molecule has 1 saturated heterocycles. The van der Waals surface area contributed by atoms with Gasteiger partial charge in [0.15, 0.2) is 18.3 Å². The van der Waals surface area contributed by atoms with Gasteiger partial charge in [0.2, 0.25) is 6.79 Å². The van der Waals surface area contributed by atoms with Gasteiger partial charge in [0.05, 0.1) is 11.7 Å². The highest BCUT2D eigenvalue weighted by Gasteiger charge is 2.46. The van der Waals surface area contributed by atoms with Crippen LogP contribution in [0.3, 0.4) is 0 Å². The third kappa shape index (κ3) is 6.25. The third-order valence-electron chi connectivity index (χ3n) is 5.55. The van der Waals surface area contributed by atoms with E-state index in [1.54, 1.807) is 7.11 Å². The number of allylic oxidation sites excluding steroid dienone is 4. The molecule has 1 unspecified atom stereocenters. The van der Waals surface area contributed by atoms with Crippen LogP contribution in [-0.4, -0.2) is 32.4 Å². The molecule has 0 saturated carbocycles. The van der Waals surface area contributed by atoms with Gasteiger partial charge in [-0.3, -0.25) is 0 Å². The SMILES string of the molecule is COCOc1cc2c(cc1C/C=C(\C)CC/C=C(\C)CCC1OC1(C)C)OCO2. The number of hydrogen-bond acceptors (Lipinski definition) is 5. The molecule has 1 aromatic carbocycles. The standard InChI is InChI=1S/C24H34O5/c1-17(7-6-8-18(2)10-12-23-24(3,4)29-23)9-11-19-13-21-22(28-16-27-21)14-20(19)26-15-25-5/h8-9,13-14,23H,6-7,10-12,15-16H2,1-5H3/b17-9+,18-8+. The summed E-state index contributed by atoms with van der Waals surface area (Å²) >= 11 is 0. The van der Waals surface area contributed by atoms with Crippen LogP contribution in [0.15, 0.2) is 35.4 Å². The number of hydrogen-bond donors (Lipinski definition) is 0. The molecule has 5 heteroatoms. The van der Waals surface area contributed by atoms with E-state index in [-0.39, 0.29) is 19.2 Å². The summed E-state index contributed by atoms with van der Waals surface area (Å²) in [6, 6.07) is 3.89. The summed E-state index contributed by atoms with van der Waals surface area (Å²) in [7, 11) is 1.62. The predicted octanol–water partition coefficient (Wildman–Crippen LogP) is 5.57. The zero-order chi connectivity index (χ0) is 20.9. The lowest BCUT2D eigenvalue weighted by Crippen LogP contribution is -2.02. The van der Waals surface area contributed by atoms with Crippen molar-refractivity contribution in [3.8, 4) is 17.2 Å². The van der Waals surface area contributed by atoms with E-state index < -0.39 is 0 Å². The molecule has 3 rings (SSSR count). The molecule has 1 aromatic rings. The molecular weight excluding hydrogens is 368 g/mol. The van der Waals surface area contributed by atoms with Crippen LogP contribution in [0.2, 0.25) is 0 Å². The van der Waals surface area contributed by atoms with E-state index >= 15 is 0 Å². The molecule has 0 aromatic heterocycles. The zero-order valence-corrected chi connectivity index (χ0v) is 18.4. The molecule has 0 amide bonds. The molecule has 0 bridgehead atoms. The first-order valence-corrected chi connectivity index (χ1v) is 10.4. The molecule has 2 aliphatic heterocycles. The Morgan fingerprint density at radius 3 is 2.48 bits per heavy atom. The molecule has 1 atom stereocenters. The van der Waals surface area contributed by atoms with Crippen LogP contribution in [0.4, 0.5) is 0 Å². The van der Waals surface area contributed by atoms with Crippen molar-refractivity contribution in [3.63, 3.8) is 0 Å². The second-order valence-electron chi connectivity index (χ2n) is 8.46. The van der Waals surface area contributed by atoms with Gasteiger partial charge in [0.25, 0.3) is 0 Å². The number of methoxy groups -OCH3 is 1. The van der Waals surface area contributed by atoms with Crippen LogP contribution in [0, 0.1) is 0 Å². The van der Waals surface area contributed by atoms with Crippen LogP contribution in [0.1, 0.15) is 58.9 Å². The second-order valence-corrected chi connectivity index (χ2v) is 8.46. The lowest BCUT2D eigenvalue weighted by molar-refractivity contribution is 0.0504. The van der Waals surface area contributed by atoms with Gasteiger partial charge in [-0.05, 0) is 65.9 Å². The van der Waals surface area contributed by atoms with E-state index in [4.69, 9.17) is 23.7 Å². The molecule has 0 radical (unpaired) electrons. The first-order valence-electron chi connectivity index (χ1n) is 10.4. The quantitative estimate of drug-likeness (QED) is 0.275. The maximum atomic E-state index is 5.72. The molecule has 2 heterocycles. The molecule has 2 aliphatic rings. The van der Waals surface area contributed by atoms with E-state index in [1.165, 1.54) is 11.1 Å². The van der Waals surface area contributed by atoms with E-state index in [2.05, 4.69) is 39.8 Å². The number of rotatable bonds is 11. The molecule has 0 aliphatic carbocycles. The lowest BCUT2D eigenvalue weighted by Gasteiger charge is -2.11. The fourth-order valence-electron chi connectivity index (χ4n) is 3.51. The summed E-state index contributed by atoms with van der Waals surface area (Å²) in [5, 5.41) is 0. The van der Waals surface area contributed by atoms with Crippen molar-refractivity contribution in [2.75, 3.05) is 20.7 Å². The largest absolute Gasteiger partial charge is 0.467 e. The second kappa shape index (κ2) is 9.68. The smallest absolute Gasteiger partial charge is 0.231 e. The fraction of sp³-hybridized carbons (Fsp3) is 0.583. The molecule has 160 valence electrons. The minimum Gasteiger partial charge on any atom is -0.467 e. The van der Waals surface area contributed by atoms with Gasteiger partial charge in [0, 0.05) is 18.7 Å². The molecule has 29 heavy (non-hydrogen) atoms. The highest BCUT2D eigenvalue weighted by molar-refractivity contribution is 5.52. The Bertz CT molecular complexity index is 763. The van der Waals surface area contributed by atoms with Crippen LogP contribution in [-0.2, 0) is 15.9 Å². The van der Waals surface area contributed by atoms with Crippen molar-refractivity contribution in [3.05, 3.63) is 41.0 Å². The normalized spacial score (nSPS) is 20.1. The minimum absolute atomic E-state index is 0.0974. The monoisotopic (exact) mass is 402 g/mol. The van der Waals surface area contributed by atoms with Gasteiger partial charge in [-0.1, -0.05) is 23.3 Å². The summed E-state index contributed by atoms with van der Waals surface area (Å²) in [5.41, 5.74) is 4.00. The van der Waals surface area contributed by atoms with E-state index in [1.807, 2.05) is 12.1 Å². The van der Waals surface area contributed by atoms with Crippen molar-refractivity contribution in [2.24, 2.45) is 0 Å². The Kier molecular flexibility index (Phi) is 7.25. The molecule has 1 fully saturated rings. The molecular formula is C24H34O5. The fourth-order valence-corrected chi connectivity index (χ4v) is 3.51. The van der Waals surface area contributed by atoms with Gasteiger partial charge < -0.3 is 23.7 Å². The predicted molar refractivity (Wildman–Crippen MR) is 114 cm³/mol. The minimum atomic E-state index is 0.0974. The summed E-state index contributed by atoms with van der Waals surface area (Å²) < 4.78 is 27.4. The van der Waals surface area contributed by atoms with Gasteiger partial charge in [-0.2, -0.15) is 0 Å². The van der Waals surface area contributed by atoms with Crippen molar-refractivity contribution in [1.29, 1.82) is 0 Å². The van der Waals surface area contributed by atoms with Gasteiger partial charge in [-0.15, -0.1) is 0 Å². The average molecular weight is 403 g/mol. The number of ether oxygens (including phenoxy) is 5. The van der Waals surface area contributed by atoms with Crippen LogP contribution in [0.25, 0.3) is 0 Å². The number of epoxide rings is 1. The summed E-state index contributed by atoms with van der Waals surface area (Å²) in [6.45, 7) is 9.20. The lowest BCUT2D eigenvalue weighted by atomic mass is 10.0. The number of fused-ring (bicyclic) bond motifs is 1. The van der Waals surface area contributed by atoms with Crippen molar-refractivity contribution in [2.45, 2.75) is 71.5 Å². The van der Waals surface area contributed by atoms with Gasteiger partial charge in [0.1, 0.15) is 5.75 Å². The highest BCUT2D eigenvalue weighted by Crippen LogP contribution is 2.39. The maximum absolute atomic E-state index is 5.72. The Hall–Kier alpha value is -1.98. The Labute approximate surface area is 174 Å². The summed E-state index contributed by atoms with van der Waals surface area (Å²) in [4.78, 5) is 0. The van der Waals surface area contributed by atoms with Gasteiger partial charge >= 0.3 is 0 Å². The zero-order valence-electron chi connectivity index (χ0n) is 18.4. The van der Waals surface area contributed by atoms with E-state index in [9.17, 15) is 0 Å². The van der Waals surface area contributed by atoms with E-state index in [0.717, 1.165) is 54.9 Å². The van der Waals surface area contributed by atoms with Gasteiger partial charge in [-0.25, -0.2) is 0 Å². The highest BCUT2D eigenvalue weighted by atomic mass is 16.7. The Morgan fingerprint density at radius 2 is 1.79 bits per heavy atom. The summed E-state index contributed by atoms with van der Waals surface area (Å²) in [6.07, 6.45) is 10.2. The maximum Gasteiger partial charge on any atom is 0.231 e. The Morgan fingerprint density at radius 1 is 1.10 bits per heavy atom. The third-order valence-corrected chi connectivity index (χ3v) is 5.55.